The third-order valence-corrected chi connectivity index (χ3v) is 11.5. The molecule has 0 spiro atoms. The van der Waals surface area contributed by atoms with Crippen molar-refractivity contribution in [2.45, 2.75) is 153 Å². The largest absolute Gasteiger partial charge is 0.481 e. The van der Waals surface area contributed by atoms with Gasteiger partial charge in [0.15, 0.2) is 5.96 Å². The predicted molar refractivity (Wildman–Crippen MR) is 260 cm³/mol. The van der Waals surface area contributed by atoms with Crippen LogP contribution in [0.2, 0.25) is 0 Å². The summed E-state index contributed by atoms with van der Waals surface area (Å²) in [6, 6.07) is -5.37. The second kappa shape index (κ2) is 29.8. The Balaban J connectivity index is 2.40. The maximum absolute atomic E-state index is 14.2. The summed E-state index contributed by atoms with van der Waals surface area (Å²) >= 11 is 0. The minimum atomic E-state index is -1.89. The van der Waals surface area contributed by atoms with Crippen LogP contribution >= 0.6 is 0 Å². The number of carbonyl (C=O) groups excluding carboxylic acids is 8. The van der Waals surface area contributed by atoms with Gasteiger partial charge in [-0.15, -0.1) is 0 Å². The second-order valence-electron chi connectivity index (χ2n) is 18.5. The molecule has 10 atom stereocenters. The van der Waals surface area contributed by atoms with Crippen LogP contribution in [0.4, 0.5) is 0 Å². The Morgan fingerprint density at radius 2 is 1.21 bits per heavy atom. The number of aliphatic imine (C=N–C) groups is 1. The molecule has 406 valence electrons. The standard InChI is InChI=1S/C46H72N12O15/c1-22(2)18-28(55-43(70)35(47)25(6)59)39(66)51-24(5)37(64)53-30(20-33(60)61)41(68)54-29(19-26-12-8-7-9-13-26)40(67)56-31(21-34(62)63)44(71)58-17-11-15-32(58)42(69)52-27(14-10-16-50-46(48)49)38(65)57-36(23(3)4)45(72)73/h7-9,12-13,22-25,27-32,35-36,59H,10-11,14-21,47H2,1-6H3,(H,51,66)(H,52,69)(H,53,64)(H,54,68)(H,55,70)(H,56,67)(H,57,65)(H,60,61)(H,62,63)(H,72,73)(H4,48,49,50)/t24-,25+,27-,28-,29-,30-,31-,32-,35-,36-/m0/s1. The monoisotopic (exact) mass is 1030 g/mol. The SMILES string of the molecule is CC(C)C[C@H](NC(=O)[C@@H](N)[C@@H](C)O)C(=O)N[C@@H](C)C(=O)N[C@@H](CC(=O)O)C(=O)N[C@@H](Cc1ccccc1)C(=O)N[C@@H](CC(=O)O)C(=O)N1CCC[C@H]1C(=O)N[C@@H](CCCN=C(N)N)C(=O)N[C@H](C(=O)O)C(C)C. The lowest BCUT2D eigenvalue weighted by molar-refractivity contribution is -0.146. The van der Waals surface area contributed by atoms with E-state index in [0.717, 1.165) is 4.90 Å². The number of amides is 8. The van der Waals surface area contributed by atoms with Gasteiger partial charge in [-0.1, -0.05) is 58.0 Å². The fraction of sp³-hybridized carbons (Fsp3) is 0.609. The molecule has 2 rings (SSSR count). The predicted octanol–water partition coefficient (Wildman–Crippen LogP) is -3.87. The summed E-state index contributed by atoms with van der Waals surface area (Å²) in [5.74, 6) is -13.2. The topological polar surface area (TPSA) is 447 Å². The maximum atomic E-state index is 14.2. The highest BCUT2D eigenvalue weighted by molar-refractivity contribution is 5.99. The first-order valence-corrected chi connectivity index (χ1v) is 23.8. The molecular formula is C46H72N12O15. The van der Waals surface area contributed by atoms with Gasteiger partial charge in [-0.2, -0.15) is 0 Å². The molecule has 73 heavy (non-hydrogen) atoms. The van der Waals surface area contributed by atoms with Crippen molar-refractivity contribution in [2.24, 2.45) is 34.0 Å². The molecule has 27 nitrogen and oxygen atoms in total. The number of aliphatic hydroxyl groups excluding tert-OH is 1. The molecule has 1 aliphatic heterocycles. The highest BCUT2D eigenvalue weighted by Crippen LogP contribution is 2.21. The summed E-state index contributed by atoms with van der Waals surface area (Å²) in [5, 5.41) is 55.9. The van der Waals surface area contributed by atoms with Gasteiger partial charge in [-0.05, 0) is 63.4 Å². The number of carboxylic acids is 3. The van der Waals surface area contributed by atoms with Gasteiger partial charge in [0.1, 0.15) is 54.4 Å². The Morgan fingerprint density at radius 3 is 1.75 bits per heavy atom. The molecule has 0 saturated carbocycles. The van der Waals surface area contributed by atoms with Crippen molar-refractivity contribution < 1.29 is 73.2 Å². The molecular weight excluding hydrogens is 961 g/mol. The molecule has 8 amide bonds. The smallest absolute Gasteiger partial charge is 0.326 e. The quantitative estimate of drug-likeness (QED) is 0.0199. The number of carbonyl (C=O) groups is 11. The van der Waals surface area contributed by atoms with Gasteiger partial charge in [0.2, 0.25) is 47.3 Å². The van der Waals surface area contributed by atoms with Gasteiger partial charge in [-0.25, -0.2) is 4.79 Å². The number of aliphatic hydroxyl groups is 1. The number of nitrogens with two attached hydrogens (primary N) is 3. The molecule has 1 aliphatic rings. The molecule has 17 N–H and O–H groups in total. The van der Waals surface area contributed by atoms with Gasteiger partial charge in [0.05, 0.1) is 18.9 Å². The Labute approximate surface area is 422 Å². The lowest BCUT2D eigenvalue weighted by atomic mass is 10.0. The molecule has 1 saturated heterocycles. The summed E-state index contributed by atoms with van der Waals surface area (Å²) in [7, 11) is 0. The van der Waals surface area contributed by atoms with Crippen molar-refractivity contribution in [1.29, 1.82) is 0 Å². The van der Waals surface area contributed by atoms with E-state index in [2.05, 4.69) is 42.2 Å². The van der Waals surface area contributed by atoms with E-state index < -0.39 is 144 Å². The van der Waals surface area contributed by atoms with Gasteiger partial charge in [-0.3, -0.25) is 52.9 Å². The summed E-state index contributed by atoms with van der Waals surface area (Å²) in [6.45, 7) is 9.09. The lowest BCUT2D eigenvalue weighted by Crippen LogP contribution is -2.61. The van der Waals surface area contributed by atoms with Crippen molar-refractivity contribution in [3.8, 4) is 0 Å². The van der Waals surface area contributed by atoms with E-state index in [4.69, 9.17) is 17.2 Å². The normalized spacial score (nSPS) is 16.9. The first kappa shape index (κ1) is 61.7. The van der Waals surface area contributed by atoms with Crippen LogP contribution in [-0.4, -0.2) is 170 Å². The van der Waals surface area contributed by atoms with Crippen LogP contribution in [0.25, 0.3) is 0 Å². The van der Waals surface area contributed by atoms with Crippen LogP contribution < -0.4 is 54.4 Å². The number of hydrogen-bond donors (Lipinski definition) is 14. The van der Waals surface area contributed by atoms with Crippen molar-refractivity contribution in [3.63, 3.8) is 0 Å². The third kappa shape index (κ3) is 21.1. The average molecular weight is 1030 g/mol. The zero-order valence-corrected chi connectivity index (χ0v) is 41.8. The van der Waals surface area contributed by atoms with E-state index in [-0.39, 0.29) is 63.5 Å². The Hall–Kier alpha value is -7.42. The molecule has 0 aliphatic carbocycles. The number of guanidine groups is 1. The number of rotatable bonds is 30. The van der Waals surface area contributed by atoms with E-state index >= 15 is 0 Å². The Bertz CT molecular complexity index is 2150. The van der Waals surface area contributed by atoms with Crippen LogP contribution in [0.5, 0.6) is 0 Å². The van der Waals surface area contributed by atoms with Gasteiger partial charge >= 0.3 is 17.9 Å². The molecule has 0 unspecified atom stereocenters. The van der Waals surface area contributed by atoms with Crippen LogP contribution in [0.3, 0.4) is 0 Å². The number of hydrogen-bond acceptors (Lipinski definition) is 14. The molecule has 0 aromatic heterocycles. The van der Waals surface area contributed by atoms with Crippen LogP contribution in [0, 0.1) is 11.8 Å². The van der Waals surface area contributed by atoms with Gasteiger partial charge in [0.25, 0.3) is 0 Å². The zero-order valence-electron chi connectivity index (χ0n) is 41.8. The number of carboxylic acid groups (broad SMARTS) is 3. The molecule has 1 aromatic rings. The Kier molecular flexibility index (Phi) is 25.2. The lowest BCUT2D eigenvalue weighted by Gasteiger charge is -2.30. The van der Waals surface area contributed by atoms with E-state index in [1.165, 1.54) is 13.8 Å². The molecule has 1 heterocycles. The number of benzene rings is 1. The highest BCUT2D eigenvalue weighted by Gasteiger charge is 2.41. The Morgan fingerprint density at radius 1 is 0.671 bits per heavy atom. The summed E-state index contributed by atoms with van der Waals surface area (Å²) in [4.78, 5) is 150. The third-order valence-electron chi connectivity index (χ3n) is 11.5. The summed E-state index contributed by atoms with van der Waals surface area (Å²) in [6.07, 6.45) is -3.17. The minimum Gasteiger partial charge on any atom is -0.481 e. The number of aliphatic carboxylic acids is 3. The molecule has 1 aromatic carbocycles. The van der Waals surface area contributed by atoms with Crippen LogP contribution in [-0.2, 0) is 59.2 Å². The van der Waals surface area contributed by atoms with E-state index in [1.54, 1.807) is 58.0 Å². The average Bonchev–Trinajstić information content (AvgIpc) is 3.80. The zero-order chi connectivity index (χ0) is 55.3. The van der Waals surface area contributed by atoms with Gasteiger partial charge in [0, 0.05) is 19.5 Å². The van der Waals surface area contributed by atoms with Crippen molar-refractivity contribution in [2.75, 3.05) is 13.1 Å². The first-order valence-electron chi connectivity index (χ1n) is 23.8. The summed E-state index contributed by atoms with van der Waals surface area (Å²) in [5.41, 5.74) is 17.0. The van der Waals surface area contributed by atoms with Crippen molar-refractivity contribution in [3.05, 3.63) is 35.9 Å². The first-order chi connectivity index (χ1) is 34.1. The molecule has 0 radical (unpaired) electrons. The number of nitrogens with one attached hydrogen (secondary N) is 7. The van der Waals surface area contributed by atoms with E-state index in [1.807, 2.05) is 0 Å². The van der Waals surface area contributed by atoms with Crippen molar-refractivity contribution in [1.82, 2.24) is 42.1 Å². The van der Waals surface area contributed by atoms with Crippen LogP contribution in [0.1, 0.15) is 92.1 Å². The molecule has 27 heteroatoms. The van der Waals surface area contributed by atoms with E-state index in [0.29, 0.717) is 5.56 Å². The van der Waals surface area contributed by atoms with Crippen LogP contribution in [0.15, 0.2) is 35.3 Å². The molecule has 1 fully saturated rings. The number of likely N-dealkylation sites (tertiary alicyclic amines) is 1. The number of nitrogens with zero attached hydrogens (tertiary/aromatic N) is 2. The highest BCUT2D eigenvalue weighted by atomic mass is 16.4. The fourth-order valence-corrected chi connectivity index (χ4v) is 7.54. The second-order valence-corrected chi connectivity index (χ2v) is 18.5. The fourth-order valence-electron chi connectivity index (χ4n) is 7.54. The molecule has 0 bridgehead atoms. The maximum Gasteiger partial charge on any atom is 0.326 e. The minimum absolute atomic E-state index is 0.0385. The van der Waals surface area contributed by atoms with Crippen molar-refractivity contribution >= 4 is 71.1 Å². The van der Waals surface area contributed by atoms with Gasteiger partial charge < -0.3 is 79.7 Å². The summed E-state index contributed by atoms with van der Waals surface area (Å²) < 4.78 is 0. The van der Waals surface area contributed by atoms with E-state index in [9.17, 15) is 73.2 Å².